The molecule has 0 spiro atoms. The van der Waals surface area contributed by atoms with Gasteiger partial charge in [-0.25, -0.2) is 4.98 Å². The third kappa shape index (κ3) is 4.15. The normalized spacial score (nSPS) is 12.2. The van der Waals surface area contributed by atoms with E-state index >= 15 is 0 Å². The van der Waals surface area contributed by atoms with Crippen LogP contribution >= 0.6 is 11.3 Å². The van der Waals surface area contributed by atoms with Crippen LogP contribution in [0.4, 0.5) is 10.8 Å². The van der Waals surface area contributed by atoms with Gasteiger partial charge >= 0.3 is 0 Å². The van der Waals surface area contributed by atoms with Crippen LogP contribution in [0, 0.1) is 0 Å². The van der Waals surface area contributed by atoms with Crippen LogP contribution in [0.5, 0.6) is 11.5 Å². The van der Waals surface area contributed by atoms with Crippen molar-refractivity contribution in [2.24, 2.45) is 0 Å². The van der Waals surface area contributed by atoms with E-state index in [1.54, 1.807) is 5.38 Å². The molecule has 24 heavy (non-hydrogen) atoms. The van der Waals surface area contributed by atoms with E-state index in [1.165, 1.54) is 11.3 Å². The van der Waals surface area contributed by atoms with Crippen molar-refractivity contribution in [3.05, 3.63) is 29.3 Å². The largest absolute Gasteiger partial charge is 0.454 e. The first kappa shape index (κ1) is 16.5. The van der Waals surface area contributed by atoms with E-state index in [2.05, 4.69) is 15.6 Å². The van der Waals surface area contributed by atoms with E-state index in [0.29, 0.717) is 36.3 Å². The van der Waals surface area contributed by atoms with Crippen LogP contribution in [0.3, 0.4) is 0 Å². The molecule has 1 aliphatic heterocycles. The number of nitrogens with zero attached hydrogens (tertiary/aromatic N) is 1. The smallest absolute Gasteiger partial charge is 0.270 e. The van der Waals surface area contributed by atoms with Gasteiger partial charge in [-0.1, -0.05) is 0 Å². The number of nitrogens with one attached hydrogen (secondary N) is 2. The van der Waals surface area contributed by atoms with E-state index in [0.717, 1.165) is 17.9 Å². The van der Waals surface area contributed by atoms with Crippen LogP contribution < -0.4 is 20.1 Å². The molecule has 0 atom stereocenters. The van der Waals surface area contributed by atoms with Crippen molar-refractivity contribution in [1.82, 2.24) is 10.3 Å². The summed E-state index contributed by atoms with van der Waals surface area (Å²) in [6, 6.07) is 5.56. The van der Waals surface area contributed by atoms with E-state index in [1.807, 2.05) is 25.1 Å². The molecule has 0 aliphatic carbocycles. The summed E-state index contributed by atoms with van der Waals surface area (Å²) in [5.74, 6) is 1.25. The fourth-order valence-corrected chi connectivity index (χ4v) is 2.86. The molecule has 1 aromatic carbocycles. The van der Waals surface area contributed by atoms with Crippen molar-refractivity contribution in [3.8, 4) is 11.5 Å². The van der Waals surface area contributed by atoms with E-state index in [9.17, 15) is 4.79 Å². The van der Waals surface area contributed by atoms with Crippen molar-refractivity contribution in [2.75, 3.05) is 31.9 Å². The van der Waals surface area contributed by atoms with Gasteiger partial charge in [-0.2, -0.15) is 0 Å². The lowest BCUT2D eigenvalue weighted by Gasteiger charge is -2.04. The molecular formula is C16H19N3O4S. The molecular weight excluding hydrogens is 330 g/mol. The average molecular weight is 349 g/mol. The second-order valence-corrected chi connectivity index (χ2v) is 5.90. The Kier molecular flexibility index (Phi) is 5.50. The molecule has 0 fully saturated rings. The molecule has 0 saturated heterocycles. The van der Waals surface area contributed by atoms with Gasteiger partial charge in [-0.05, 0) is 25.5 Å². The van der Waals surface area contributed by atoms with Gasteiger partial charge in [-0.15, -0.1) is 11.3 Å². The standard InChI is InChI=1S/C16H19N3O4S/c1-2-21-7-3-6-17-15(20)12-9-24-16(19-12)18-11-4-5-13-14(8-11)23-10-22-13/h4-5,8-9H,2-3,6-7,10H2,1H3,(H,17,20)(H,18,19). The Balaban J connectivity index is 1.52. The van der Waals surface area contributed by atoms with Gasteiger partial charge in [0, 0.05) is 36.9 Å². The number of benzene rings is 1. The number of ether oxygens (including phenoxy) is 3. The summed E-state index contributed by atoms with van der Waals surface area (Å²) in [6.07, 6.45) is 0.784. The number of amides is 1. The second-order valence-electron chi connectivity index (χ2n) is 5.04. The molecule has 2 aromatic rings. The molecule has 1 aromatic heterocycles. The summed E-state index contributed by atoms with van der Waals surface area (Å²) >= 11 is 1.37. The number of anilines is 2. The Hall–Kier alpha value is -2.32. The highest BCUT2D eigenvalue weighted by atomic mass is 32.1. The molecule has 0 radical (unpaired) electrons. The molecule has 1 amide bonds. The summed E-state index contributed by atoms with van der Waals surface area (Å²) in [6.45, 7) is 4.09. The Bertz CT molecular complexity index is 704. The predicted octanol–water partition coefficient (Wildman–Crippen LogP) is 2.77. The third-order valence-corrected chi connectivity index (χ3v) is 4.07. The Morgan fingerprint density at radius 2 is 2.25 bits per heavy atom. The van der Waals surface area contributed by atoms with Gasteiger partial charge in [0.25, 0.3) is 5.91 Å². The second kappa shape index (κ2) is 7.98. The van der Waals surface area contributed by atoms with Crippen molar-refractivity contribution in [3.63, 3.8) is 0 Å². The number of carbonyl (C=O) groups is 1. The highest BCUT2D eigenvalue weighted by Gasteiger charge is 2.14. The number of carbonyl (C=O) groups excluding carboxylic acids is 1. The van der Waals surface area contributed by atoms with Crippen molar-refractivity contribution < 1.29 is 19.0 Å². The van der Waals surface area contributed by atoms with Crippen LogP contribution in [0.2, 0.25) is 0 Å². The lowest BCUT2D eigenvalue weighted by Crippen LogP contribution is -2.25. The quantitative estimate of drug-likeness (QED) is 0.713. The zero-order valence-corrected chi connectivity index (χ0v) is 14.1. The zero-order chi connectivity index (χ0) is 16.8. The van der Waals surface area contributed by atoms with E-state index in [-0.39, 0.29) is 12.7 Å². The van der Waals surface area contributed by atoms with Gasteiger partial charge in [-0.3, -0.25) is 4.79 Å². The van der Waals surface area contributed by atoms with Crippen LogP contribution in [-0.4, -0.2) is 37.4 Å². The number of fused-ring (bicyclic) bond motifs is 1. The summed E-state index contributed by atoms with van der Waals surface area (Å²) in [5, 5.41) is 8.37. The fraction of sp³-hybridized carbons (Fsp3) is 0.375. The molecule has 2 heterocycles. The van der Waals surface area contributed by atoms with Gasteiger partial charge in [0.1, 0.15) is 5.69 Å². The Labute approximate surface area is 143 Å². The van der Waals surface area contributed by atoms with Gasteiger partial charge in [0.15, 0.2) is 16.6 Å². The summed E-state index contributed by atoms with van der Waals surface area (Å²) in [4.78, 5) is 16.3. The molecule has 128 valence electrons. The van der Waals surface area contributed by atoms with E-state index < -0.39 is 0 Å². The molecule has 0 bridgehead atoms. The van der Waals surface area contributed by atoms with Crippen molar-refractivity contribution >= 4 is 28.1 Å². The summed E-state index contributed by atoms with van der Waals surface area (Å²) in [5.41, 5.74) is 1.23. The highest BCUT2D eigenvalue weighted by Crippen LogP contribution is 2.35. The number of aromatic nitrogens is 1. The van der Waals surface area contributed by atoms with Crippen molar-refractivity contribution in [2.45, 2.75) is 13.3 Å². The number of hydrogen-bond donors (Lipinski definition) is 2. The molecule has 7 nitrogen and oxygen atoms in total. The lowest BCUT2D eigenvalue weighted by molar-refractivity contribution is 0.0940. The SMILES string of the molecule is CCOCCCNC(=O)c1csc(Nc2ccc3c(c2)OCO3)n1. The van der Waals surface area contributed by atoms with Gasteiger partial charge in [0.05, 0.1) is 0 Å². The zero-order valence-electron chi connectivity index (χ0n) is 13.3. The van der Waals surface area contributed by atoms with Crippen LogP contribution in [-0.2, 0) is 4.74 Å². The maximum Gasteiger partial charge on any atom is 0.270 e. The van der Waals surface area contributed by atoms with E-state index in [4.69, 9.17) is 14.2 Å². The monoisotopic (exact) mass is 349 g/mol. The summed E-state index contributed by atoms with van der Waals surface area (Å²) < 4.78 is 15.8. The molecule has 3 rings (SSSR count). The minimum absolute atomic E-state index is 0.179. The maximum absolute atomic E-state index is 12.0. The topological polar surface area (TPSA) is 81.7 Å². The molecule has 0 unspecified atom stereocenters. The average Bonchev–Trinajstić information content (AvgIpc) is 3.23. The molecule has 8 heteroatoms. The number of thiazole rings is 1. The number of rotatable bonds is 8. The first-order chi connectivity index (χ1) is 11.8. The first-order valence-corrected chi connectivity index (χ1v) is 8.62. The Morgan fingerprint density at radius 1 is 1.38 bits per heavy atom. The van der Waals surface area contributed by atoms with Gasteiger partial charge in [0.2, 0.25) is 6.79 Å². The number of hydrogen-bond acceptors (Lipinski definition) is 7. The predicted molar refractivity (Wildman–Crippen MR) is 91.4 cm³/mol. The summed E-state index contributed by atoms with van der Waals surface area (Å²) in [7, 11) is 0. The minimum Gasteiger partial charge on any atom is -0.454 e. The Morgan fingerprint density at radius 3 is 3.12 bits per heavy atom. The lowest BCUT2D eigenvalue weighted by atomic mass is 10.3. The highest BCUT2D eigenvalue weighted by molar-refractivity contribution is 7.14. The first-order valence-electron chi connectivity index (χ1n) is 7.74. The van der Waals surface area contributed by atoms with Crippen LogP contribution in [0.1, 0.15) is 23.8 Å². The van der Waals surface area contributed by atoms with Gasteiger partial charge < -0.3 is 24.8 Å². The molecule has 1 aliphatic rings. The molecule has 0 saturated carbocycles. The van der Waals surface area contributed by atoms with Crippen LogP contribution in [0.15, 0.2) is 23.6 Å². The van der Waals surface area contributed by atoms with Crippen molar-refractivity contribution in [1.29, 1.82) is 0 Å². The fourth-order valence-electron chi connectivity index (χ4n) is 2.14. The maximum atomic E-state index is 12.0. The van der Waals surface area contributed by atoms with Crippen LogP contribution in [0.25, 0.3) is 0 Å². The minimum atomic E-state index is -0.179. The molecule has 2 N–H and O–H groups in total. The third-order valence-electron chi connectivity index (χ3n) is 3.32.